The number of methoxy groups -OCH3 is 1. The van der Waals surface area contributed by atoms with Gasteiger partial charge in [-0.05, 0) is 48.4 Å². The van der Waals surface area contributed by atoms with Crippen molar-refractivity contribution < 1.29 is 27.4 Å². The van der Waals surface area contributed by atoms with E-state index < -0.39 is 15.7 Å². The minimum atomic E-state index is -3.71. The second-order valence-corrected chi connectivity index (χ2v) is 11.0. The molecule has 2 aliphatic rings. The van der Waals surface area contributed by atoms with E-state index >= 15 is 0 Å². The lowest BCUT2D eigenvalue weighted by Crippen LogP contribution is -2.45. The Hall–Kier alpha value is -3.64. The number of hydrogen-bond acceptors (Lipinski definition) is 9. The van der Waals surface area contributed by atoms with E-state index in [2.05, 4.69) is 9.39 Å². The number of amidine groups is 3. The van der Waals surface area contributed by atoms with Gasteiger partial charge in [0, 0.05) is 6.42 Å². The quantitative estimate of drug-likeness (QED) is 0.287. The van der Waals surface area contributed by atoms with Crippen molar-refractivity contribution >= 4 is 49.9 Å². The van der Waals surface area contributed by atoms with Crippen LogP contribution in [0.1, 0.15) is 24.5 Å². The monoisotopic (exact) mass is 542 g/mol. The second-order valence-electron chi connectivity index (χ2n) is 8.09. The van der Waals surface area contributed by atoms with Crippen LogP contribution in [0.4, 0.5) is 0 Å². The molecular formula is C25H26N4O6S2. The lowest BCUT2D eigenvalue weighted by Gasteiger charge is -2.24. The first kappa shape index (κ1) is 26.4. The normalized spacial score (nSPS) is 16.4. The molecule has 0 spiro atoms. The van der Waals surface area contributed by atoms with Crippen LogP contribution in [0.5, 0.6) is 17.2 Å². The molecule has 2 aromatic rings. The van der Waals surface area contributed by atoms with Crippen LogP contribution in [0.2, 0.25) is 0 Å². The summed E-state index contributed by atoms with van der Waals surface area (Å²) < 4.78 is 45.8. The van der Waals surface area contributed by atoms with Crippen molar-refractivity contribution in [2.45, 2.75) is 20.3 Å². The van der Waals surface area contributed by atoms with Crippen LogP contribution >= 0.6 is 11.9 Å². The fraction of sp³-hybridized carbons (Fsp3) is 0.280. The summed E-state index contributed by atoms with van der Waals surface area (Å²) in [6.45, 7) is 4.40. The number of amides is 1. The summed E-state index contributed by atoms with van der Waals surface area (Å²) in [6.07, 6.45) is 2.12. The van der Waals surface area contributed by atoms with E-state index in [1.165, 1.54) is 20.1 Å². The van der Waals surface area contributed by atoms with Crippen molar-refractivity contribution in [3.63, 3.8) is 0 Å². The zero-order chi connectivity index (χ0) is 26.6. The summed E-state index contributed by atoms with van der Waals surface area (Å²) in [4.78, 5) is 17.6. The topological polar surface area (TPSA) is 131 Å². The number of aliphatic imine (C=N–C) groups is 1. The van der Waals surface area contributed by atoms with Gasteiger partial charge in [0.05, 0.1) is 43.6 Å². The van der Waals surface area contributed by atoms with Crippen molar-refractivity contribution in [3.05, 3.63) is 59.2 Å². The first-order chi connectivity index (χ1) is 17.7. The van der Waals surface area contributed by atoms with Gasteiger partial charge in [0.25, 0.3) is 5.91 Å². The summed E-state index contributed by atoms with van der Waals surface area (Å²) in [5.74, 6) is 0.635. The number of carbonyl (C=O) groups is 1. The van der Waals surface area contributed by atoms with E-state index in [4.69, 9.17) is 19.6 Å². The van der Waals surface area contributed by atoms with Gasteiger partial charge >= 0.3 is 0 Å². The Morgan fingerprint density at radius 2 is 1.89 bits per heavy atom. The van der Waals surface area contributed by atoms with Crippen LogP contribution in [-0.2, 0) is 14.6 Å². The molecule has 0 aromatic heterocycles. The Labute approximate surface area is 219 Å². The number of nitrogens with zero attached hydrogens (tertiary/aromatic N) is 3. The van der Waals surface area contributed by atoms with E-state index in [0.29, 0.717) is 36.7 Å². The Kier molecular flexibility index (Phi) is 7.98. The number of rotatable bonds is 9. The molecule has 2 heterocycles. The van der Waals surface area contributed by atoms with E-state index in [0.717, 1.165) is 28.2 Å². The molecule has 1 amide bonds. The van der Waals surface area contributed by atoms with Crippen molar-refractivity contribution in [2.75, 3.05) is 26.1 Å². The smallest absolute Gasteiger partial charge is 0.283 e. The van der Waals surface area contributed by atoms with Crippen LogP contribution in [-0.4, -0.2) is 61.5 Å². The van der Waals surface area contributed by atoms with Crippen LogP contribution in [0.15, 0.2) is 57.4 Å². The van der Waals surface area contributed by atoms with Gasteiger partial charge in [0.15, 0.2) is 11.5 Å². The molecule has 0 radical (unpaired) electrons. The molecule has 0 unspecified atom stereocenters. The number of aryl methyl sites for hydroxylation is 1. The van der Waals surface area contributed by atoms with Gasteiger partial charge in [-0.1, -0.05) is 25.1 Å². The molecule has 0 saturated carbocycles. The number of ether oxygens (including phenoxy) is 3. The van der Waals surface area contributed by atoms with Crippen LogP contribution in [0.3, 0.4) is 0 Å². The number of carbonyl (C=O) groups excluding carboxylic acids is 1. The van der Waals surface area contributed by atoms with Crippen molar-refractivity contribution in [1.82, 2.24) is 4.90 Å². The first-order valence-corrected chi connectivity index (χ1v) is 13.9. The molecule has 0 aliphatic carbocycles. The van der Waals surface area contributed by atoms with Gasteiger partial charge in [0.1, 0.15) is 11.6 Å². The van der Waals surface area contributed by atoms with Crippen molar-refractivity contribution in [1.29, 1.82) is 5.41 Å². The van der Waals surface area contributed by atoms with Crippen molar-refractivity contribution in [3.8, 4) is 17.2 Å². The summed E-state index contributed by atoms with van der Waals surface area (Å²) in [6, 6.07) is 12.9. The van der Waals surface area contributed by atoms with E-state index in [9.17, 15) is 13.2 Å². The lowest BCUT2D eigenvalue weighted by molar-refractivity contribution is -0.114. The zero-order valence-corrected chi connectivity index (χ0v) is 22.2. The van der Waals surface area contributed by atoms with Gasteiger partial charge in [-0.2, -0.15) is 9.39 Å². The molecule has 0 atom stereocenters. The fourth-order valence-corrected chi connectivity index (χ4v) is 5.49. The maximum absolute atomic E-state index is 12.6. The van der Waals surface area contributed by atoms with Gasteiger partial charge in [-0.25, -0.2) is 13.3 Å². The largest absolute Gasteiger partial charge is 0.493 e. The molecule has 37 heavy (non-hydrogen) atoms. The first-order valence-electron chi connectivity index (χ1n) is 11.5. The minimum absolute atomic E-state index is 0.0480. The Bertz CT molecular complexity index is 1430. The highest BCUT2D eigenvalue weighted by Gasteiger charge is 2.42. The molecule has 10 nitrogen and oxygen atoms in total. The van der Waals surface area contributed by atoms with Gasteiger partial charge in [0.2, 0.25) is 20.2 Å². The van der Waals surface area contributed by atoms with Gasteiger partial charge < -0.3 is 14.2 Å². The number of fused-ring (bicyclic) bond motifs is 1. The van der Waals surface area contributed by atoms with E-state index in [1.807, 2.05) is 31.2 Å². The molecule has 2 aromatic carbocycles. The predicted octanol–water partition coefficient (Wildman–Crippen LogP) is 3.86. The maximum atomic E-state index is 12.6. The van der Waals surface area contributed by atoms with E-state index in [1.54, 1.807) is 18.2 Å². The third-order valence-corrected chi connectivity index (χ3v) is 7.86. The molecular weight excluding hydrogens is 516 g/mol. The number of nitrogens with one attached hydrogen (secondary N) is 1. The fourth-order valence-electron chi connectivity index (χ4n) is 3.53. The zero-order valence-electron chi connectivity index (χ0n) is 20.6. The van der Waals surface area contributed by atoms with E-state index in [-0.39, 0.29) is 27.5 Å². The van der Waals surface area contributed by atoms with Crippen LogP contribution in [0.25, 0.3) is 6.08 Å². The number of hydrogen-bond donors (Lipinski definition) is 1. The summed E-state index contributed by atoms with van der Waals surface area (Å²) in [5.41, 5.74) is 1.63. The molecule has 1 N–H and O–H groups in total. The number of benzene rings is 2. The van der Waals surface area contributed by atoms with Crippen molar-refractivity contribution in [2.24, 2.45) is 9.39 Å². The highest BCUT2D eigenvalue weighted by Crippen LogP contribution is 2.32. The molecule has 0 bridgehead atoms. The SMILES string of the molecule is CCS(=O)(=O)C1=NSC2=NC(=O)/C(=C\c3ccc(OCCCOc4cccc(C)c4)c(OC)c3)C(=N)N21. The highest BCUT2D eigenvalue weighted by atomic mass is 32.2. The minimum Gasteiger partial charge on any atom is -0.493 e. The molecule has 0 saturated heterocycles. The third-order valence-electron chi connectivity index (χ3n) is 5.46. The summed E-state index contributed by atoms with van der Waals surface area (Å²) in [5, 5.41) is 8.27. The maximum Gasteiger partial charge on any atom is 0.283 e. The average molecular weight is 543 g/mol. The standard InChI is InChI=1S/C25H26N4O6S2/c1-4-37(31,32)25-28-36-24-27-23(30)19(22(26)29(24)25)14-17-9-10-20(21(15-17)33-3)35-12-6-11-34-18-8-5-7-16(2)13-18/h5,7-10,13-15,26H,4,6,11-12H2,1-3H3/b19-14-,26-22?. The highest BCUT2D eigenvalue weighted by molar-refractivity contribution is 8.16. The Balaban J connectivity index is 1.44. The third kappa shape index (κ3) is 5.86. The molecule has 0 fully saturated rings. The van der Waals surface area contributed by atoms with Crippen LogP contribution < -0.4 is 14.2 Å². The lowest BCUT2D eigenvalue weighted by atomic mass is 10.1. The molecule has 194 valence electrons. The predicted molar refractivity (Wildman–Crippen MR) is 144 cm³/mol. The number of sulfone groups is 1. The van der Waals surface area contributed by atoms with Gasteiger partial charge in [-0.3, -0.25) is 10.2 Å². The molecule has 2 aliphatic heterocycles. The average Bonchev–Trinajstić information content (AvgIpc) is 3.31. The Morgan fingerprint density at radius 1 is 1.11 bits per heavy atom. The Morgan fingerprint density at radius 3 is 2.62 bits per heavy atom. The summed E-state index contributed by atoms with van der Waals surface area (Å²) in [7, 11) is -2.21. The van der Waals surface area contributed by atoms with Gasteiger partial charge in [-0.15, -0.1) is 0 Å². The molecule has 4 rings (SSSR count). The second kappa shape index (κ2) is 11.2. The molecule has 12 heteroatoms. The summed E-state index contributed by atoms with van der Waals surface area (Å²) >= 11 is 0.761. The van der Waals surface area contributed by atoms with Crippen LogP contribution in [0, 0.1) is 12.3 Å².